The molecular formula is C19H29ClN2O3. The van der Waals surface area contributed by atoms with Crippen LogP contribution in [0.4, 0.5) is 0 Å². The maximum absolute atomic E-state index is 12.2. The summed E-state index contributed by atoms with van der Waals surface area (Å²) >= 11 is 0. The zero-order valence-electron chi connectivity index (χ0n) is 15.0. The molecule has 0 aromatic heterocycles. The van der Waals surface area contributed by atoms with Gasteiger partial charge in [0.25, 0.3) is 0 Å². The molecule has 2 fully saturated rings. The average Bonchev–Trinajstić information content (AvgIpc) is 3.04. The molecule has 3 rings (SSSR count). The molecule has 2 N–H and O–H groups in total. The zero-order chi connectivity index (χ0) is 16.9. The summed E-state index contributed by atoms with van der Waals surface area (Å²) in [6, 6.07) is 5.92. The summed E-state index contributed by atoms with van der Waals surface area (Å²) < 4.78 is 11.5. The summed E-state index contributed by atoms with van der Waals surface area (Å²) in [6.07, 6.45) is 5.03. The van der Waals surface area contributed by atoms with Gasteiger partial charge in [0.15, 0.2) is 11.5 Å². The van der Waals surface area contributed by atoms with Crippen LogP contribution in [0.5, 0.6) is 11.5 Å². The Labute approximate surface area is 156 Å². The first-order valence-electron chi connectivity index (χ1n) is 8.99. The van der Waals surface area contributed by atoms with Gasteiger partial charge in [-0.25, -0.2) is 0 Å². The van der Waals surface area contributed by atoms with E-state index < -0.39 is 0 Å². The van der Waals surface area contributed by atoms with Crippen LogP contribution in [0.1, 0.15) is 38.2 Å². The van der Waals surface area contributed by atoms with Gasteiger partial charge in [0, 0.05) is 12.5 Å². The first kappa shape index (κ1) is 19.9. The summed E-state index contributed by atoms with van der Waals surface area (Å²) in [7, 11) is 1.66. The van der Waals surface area contributed by atoms with Crippen LogP contribution in [0.2, 0.25) is 0 Å². The van der Waals surface area contributed by atoms with Crippen LogP contribution in [0.15, 0.2) is 18.2 Å². The van der Waals surface area contributed by atoms with Crippen LogP contribution in [-0.4, -0.2) is 32.2 Å². The van der Waals surface area contributed by atoms with Crippen molar-refractivity contribution in [2.75, 3.05) is 20.2 Å². The number of methoxy groups -OCH3 is 1. The maximum atomic E-state index is 12.2. The van der Waals surface area contributed by atoms with Crippen LogP contribution < -0.4 is 20.1 Å². The third kappa shape index (κ3) is 5.02. The van der Waals surface area contributed by atoms with Crippen molar-refractivity contribution in [1.29, 1.82) is 0 Å². The average molecular weight is 369 g/mol. The van der Waals surface area contributed by atoms with Crippen LogP contribution in [0.25, 0.3) is 0 Å². The topological polar surface area (TPSA) is 59.6 Å². The molecule has 1 saturated carbocycles. The van der Waals surface area contributed by atoms with Gasteiger partial charge in [-0.1, -0.05) is 13.0 Å². The van der Waals surface area contributed by atoms with Gasteiger partial charge in [0.05, 0.1) is 13.2 Å². The van der Waals surface area contributed by atoms with Gasteiger partial charge < -0.3 is 20.1 Å². The molecule has 1 aromatic carbocycles. The molecule has 25 heavy (non-hydrogen) atoms. The fourth-order valence-electron chi connectivity index (χ4n) is 3.33. The van der Waals surface area contributed by atoms with E-state index in [1.807, 2.05) is 25.1 Å². The molecule has 0 radical (unpaired) electrons. The quantitative estimate of drug-likeness (QED) is 0.776. The Kier molecular flexibility index (Phi) is 7.38. The number of rotatable bonds is 7. The molecule has 1 aliphatic carbocycles. The molecule has 140 valence electrons. The number of nitrogens with one attached hydrogen (secondary N) is 2. The van der Waals surface area contributed by atoms with E-state index in [9.17, 15) is 4.79 Å². The highest BCUT2D eigenvalue weighted by molar-refractivity contribution is 5.85. The molecule has 0 spiro atoms. The molecule has 1 aromatic rings. The molecule has 1 amide bonds. The van der Waals surface area contributed by atoms with E-state index in [1.54, 1.807) is 7.11 Å². The van der Waals surface area contributed by atoms with Crippen molar-refractivity contribution in [3.63, 3.8) is 0 Å². The fraction of sp³-hybridized carbons (Fsp3) is 0.632. The van der Waals surface area contributed by atoms with Gasteiger partial charge >= 0.3 is 0 Å². The predicted molar refractivity (Wildman–Crippen MR) is 100 cm³/mol. The van der Waals surface area contributed by atoms with E-state index in [-0.39, 0.29) is 24.2 Å². The molecule has 1 heterocycles. The molecule has 2 aliphatic rings. The van der Waals surface area contributed by atoms with Crippen molar-refractivity contribution in [3.8, 4) is 11.5 Å². The first-order chi connectivity index (χ1) is 11.7. The molecule has 1 unspecified atom stereocenters. The van der Waals surface area contributed by atoms with E-state index in [0.29, 0.717) is 18.6 Å². The number of carbonyl (C=O) groups is 1. The second-order valence-electron chi connectivity index (χ2n) is 6.93. The van der Waals surface area contributed by atoms with Gasteiger partial charge in [-0.15, -0.1) is 12.4 Å². The Morgan fingerprint density at radius 2 is 2.00 bits per heavy atom. The number of ether oxygens (including phenoxy) is 2. The van der Waals surface area contributed by atoms with Crippen LogP contribution in [-0.2, 0) is 11.3 Å². The normalized spacial score (nSPS) is 18.8. The van der Waals surface area contributed by atoms with Crippen LogP contribution >= 0.6 is 12.4 Å². The van der Waals surface area contributed by atoms with Crippen LogP contribution in [0.3, 0.4) is 0 Å². The lowest BCUT2D eigenvalue weighted by atomic mass is 9.88. The maximum Gasteiger partial charge on any atom is 0.223 e. The summed E-state index contributed by atoms with van der Waals surface area (Å²) in [4.78, 5) is 12.2. The summed E-state index contributed by atoms with van der Waals surface area (Å²) in [5.41, 5.74) is 1.03. The Morgan fingerprint density at radius 3 is 2.60 bits per heavy atom. The lowest BCUT2D eigenvalue weighted by Gasteiger charge is -2.31. The Morgan fingerprint density at radius 1 is 1.28 bits per heavy atom. The number of halogens is 1. The standard InChI is InChI=1S/C19H28N2O3.ClH/c1-13(15-11-20-12-15)19(22)21-10-14-7-8-17(18(9-14)23-2)24-16-5-3-4-6-16;/h7-9,13,15-16,20H,3-6,10-12H2,1-2H3,(H,21,22);1H. The highest BCUT2D eigenvalue weighted by Gasteiger charge is 2.28. The van der Waals surface area contributed by atoms with Crippen molar-refractivity contribution < 1.29 is 14.3 Å². The lowest BCUT2D eigenvalue weighted by Crippen LogP contribution is -2.49. The summed E-state index contributed by atoms with van der Waals surface area (Å²) in [6.45, 7) is 4.40. The third-order valence-corrected chi connectivity index (χ3v) is 5.22. The van der Waals surface area contributed by atoms with Gasteiger partial charge in [-0.3, -0.25) is 4.79 Å². The minimum absolute atomic E-state index is 0. The summed E-state index contributed by atoms with van der Waals surface area (Å²) in [5, 5.41) is 6.24. The van der Waals surface area contributed by atoms with Crippen LogP contribution in [0, 0.1) is 11.8 Å². The van der Waals surface area contributed by atoms with Gasteiger partial charge in [0.1, 0.15) is 0 Å². The van der Waals surface area contributed by atoms with E-state index >= 15 is 0 Å². The SMILES string of the molecule is COc1cc(CNC(=O)C(C)C2CNC2)ccc1OC1CCCC1.Cl. The van der Waals surface area contributed by atoms with Gasteiger partial charge in [0.2, 0.25) is 5.91 Å². The minimum Gasteiger partial charge on any atom is -0.493 e. The highest BCUT2D eigenvalue weighted by Crippen LogP contribution is 2.32. The van der Waals surface area contributed by atoms with Crippen molar-refractivity contribution in [3.05, 3.63) is 23.8 Å². The van der Waals surface area contributed by atoms with Crippen molar-refractivity contribution in [2.45, 2.75) is 45.3 Å². The van der Waals surface area contributed by atoms with Gasteiger partial charge in [-0.2, -0.15) is 0 Å². The van der Waals surface area contributed by atoms with E-state index in [0.717, 1.165) is 43.0 Å². The molecule has 5 nitrogen and oxygen atoms in total. The Balaban J connectivity index is 0.00000225. The van der Waals surface area contributed by atoms with Crippen molar-refractivity contribution >= 4 is 18.3 Å². The minimum atomic E-state index is 0. The smallest absolute Gasteiger partial charge is 0.223 e. The molecule has 0 bridgehead atoms. The monoisotopic (exact) mass is 368 g/mol. The first-order valence-corrected chi connectivity index (χ1v) is 8.99. The second kappa shape index (κ2) is 9.30. The van der Waals surface area contributed by atoms with E-state index in [4.69, 9.17) is 9.47 Å². The van der Waals surface area contributed by atoms with Crippen molar-refractivity contribution in [1.82, 2.24) is 10.6 Å². The van der Waals surface area contributed by atoms with Gasteiger partial charge in [-0.05, 0) is 62.4 Å². The number of hydrogen-bond donors (Lipinski definition) is 2. The summed E-state index contributed by atoms with van der Waals surface area (Å²) in [5.74, 6) is 2.17. The fourth-order valence-corrected chi connectivity index (χ4v) is 3.33. The lowest BCUT2D eigenvalue weighted by molar-refractivity contribution is -0.126. The highest BCUT2D eigenvalue weighted by atomic mass is 35.5. The number of hydrogen-bond acceptors (Lipinski definition) is 4. The van der Waals surface area contributed by atoms with E-state index in [2.05, 4.69) is 10.6 Å². The Bertz CT molecular complexity index is 572. The number of amides is 1. The predicted octanol–water partition coefficient (Wildman–Crippen LogP) is 2.91. The molecule has 1 saturated heterocycles. The molecule has 6 heteroatoms. The Hall–Kier alpha value is -1.46. The molecule has 1 aliphatic heterocycles. The zero-order valence-corrected chi connectivity index (χ0v) is 15.9. The second-order valence-corrected chi connectivity index (χ2v) is 6.93. The molecular weight excluding hydrogens is 340 g/mol. The largest absolute Gasteiger partial charge is 0.493 e. The number of benzene rings is 1. The molecule has 1 atom stereocenters. The third-order valence-electron chi connectivity index (χ3n) is 5.22. The van der Waals surface area contributed by atoms with E-state index in [1.165, 1.54) is 12.8 Å². The number of carbonyl (C=O) groups excluding carboxylic acids is 1. The van der Waals surface area contributed by atoms with Crippen molar-refractivity contribution in [2.24, 2.45) is 11.8 Å².